The Bertz CT molecular complexity index is 364. The van der Waals surface area contributed by atoms with Crippen LogP contribution >= 0.6 is 0 Å². The van der Waals surface area contributed by atoms with Gasteiger partial charge in [0.2, 0.25) is 0 Å². The van der Waals surface area contributed by atoms with Gasteiger partial charge in [0.25, 0.3) is 0 Å². The number of aliphatic hydroxyl groups excluding tert-OH is 3. The first-order valence-corrected chi connectivity index (χ1v) is 5.53. The summed E-state index contributed by atoms with van der Waals surface area (Å²) in [6.07, 6.45) is -2.89. The lowest BCUT2D eigenvalue weighted by atomic mass is 9.93. The van der Waals surface area contributed by atoms with Crippen molar-refractivity contribution >= 4 is 0 Å². The van der Waals surface area contributed by atoms with Crippen LogP contribution in [0.15, 0.2) is 24.3 Å². The van der Waals surface area contributed by atoms with E-state index in [1.807, 2.05) is 0 Å². The normalized spacial score (nSPS) is 33.6. The predicted molar refractivity (Wildman–Crippen MR) is 59.4 cm³/mol. The number of rotatable bonds is 2. The smallest absolute Gasteiger partial charge is 0.115 e. The third-order valence-corrected chi connectivity index (χ3v) is 2.97. The third kappa shape index (κ3) is 2.58. The summed E-state index contributed by atoms with van der Waals surface area (Å²) >= 11 is 0. The molecular formula is C12H16O5. The lowest BCUT2D eigenvalue weighted by Crippen LogP contribution is -2.44. The van der Waals surface area contributed by atoms with Gasteiger partial charge in [0.05, 0.1) is 18.8 Å². The van der Waals surface area contributed by atoms with E-state index in [2.05, 4.69) is 0 Å². The summed E-state index contributed by atoms with van der Waals surface area (Å²) in [5.74, 6) is 0.123. The molecule has 4 unspecified atom stereocenters. The maximum absolute atomic E-state index is 9.85. The number of hydrogen-bond donors (Lipinski definition) is 4. The molecule has 5 nitrogen and oxygen atoms in total. The van der Waals surface area contributed by atoms with E-state index in [1.54, 1.807) is 12.1 Å². The molecule has 4 atom stereocenters. The SMILES string of the molecule is OCC1CC(O)C(O)C(c2ccc(O)cc2)O1. The van der Waals surface area contributed by atoms with Crippen LogP contribution in [0.4, 0.5) is 0 Å². The fourth-order valence-corrected chi connectivity index (χ4v) is 2.01. The summed E-state index contributed by atoms with van der Waals surface area (Å²) in [5, 5.41) is 37.8. The summed E-state index contributed by atoms with van der Waals surface area (Å²) in [7, 11) is 0. The third-order valence-electron chi connectivity index (χ3n) is 2.97. The highest BCUT2D eigenvalue weighted by Crippen LogP contribution is 2.32. The second kappa shape index (κ2) is 5.01. The Kier molecular flexibility index (Phi) is 3.63. The maximum Gasteiger partial charge on any atom is 0.115 e. The topological polar surface area (TPSA) is 90.2 Å². The minimum Gasteiger partial charge on any atom is -0.508 e. The molecule has 0 spiro atoms. The standard InChI is InChI=1S/C12H16O5/c13-6-9-5-10(15)11(16)12(17-9)7-1-3-8(14)4-2-7/h1-4,9-16H,5-6H2. The Balaban J connectivity index is 2.20. The van der Waals surface area contributed by atoms with Gasteiger partial charge in [-0.25, -0.2) is 0 Å². The van der Waals surface area contributed by atoms with Crippen molar-refractivity contribution in [1.29, 1.82) is 0 Å². The number of benzene rings is 1. The number of aromatic hydroxyl groups is 1. The van der Waals surface area contributed by atoms with Gasteiger partial charge in [-0.3, -0.25) is 0 Å². The Hall–Kier alpha value is -1.14. The molecule has 1 aromatic carbocycles. The zero-order valence-corrected chi connectivity index (χ0v) is 9.23. The van der Waals surface area contributed by atoms with Crippen LogP contribution in [-0.2, 0) is 4.74 Å². The summed E-state index contributed by atoms with van der Waals surface area (Å²) in [4.78, 5) is 0. The molecule has 0 amide bonds. The molecule has 0 radical (unpaired) electrons. The molecule has 1 heterocycles. The number of hydrogen-bond acceptors (Lipinski definition) is 5. The molecule has 1 aromatic rings. The molecular weight excluding hydrogens is 224 g/mol. The first-order chi connectivity index (χ1) is 8.11. The van der Waals surface area contributed by atoms with Crippen molar-refractivity contribution in [2.24, 2.45) is 0 Å². The molecule has 1 aliphatic rings. The molecule has 1 aliphatic heterocycles. The van der Waals surface area contributed by atoms with Crippen molar-refractivity contribution in [3.63, 3.8) is 0 Å². The van der Waals surface area contributed by atoms with Crippen LogP contribution in [-0.4, -0.2) is 45.3 Å². The fraction of sp³-hybridized carbons (Fsp3) is 0.500. The van der Waals surface area contributed by atoms with Gasteiger partial charge in [-0.2, -0.15) is 0 Å². The van der Waals surface area contributed by atoms with E-state index in [-0.39, 0.29) is 18.8 Å². The first-order valence-electron chi connectivity index (χ1n) is 5.53. The predicted octanol–water partition coefficient (Wildman–Crippen LogP) is -0.0637. The van der Waals surface area contributed by atoms with Crippen LogP contribution in [0.5, 0.6) is 5.75 Å². The van der Waals surface area contributed by atoms with E-state index in [1.165, 1.54) is 12.1 Å². The van der Waals surface area contributed by atoms with Crippen LogP contribution in [0.25, 0.3) is 0 Å². The largest absolute Gasteiger partial charge is 0.508 e. The minimum absolute atomic E-state index is 0.123. The Morgan fingerprint density at radius 1 is 1.18 bits per heavy atom. The van der Waals surface area contributed by atoms with Crippen LogP contribution in [0.2, 0.25) is 0 Å². The molecule has 1 saturated heterocycles. The summed E-state index contributed by atoms with van der Waals surface area (Å²) in [6, 6.07) is 6.21. The fourth-order valence-electron chi connectivity index (χ4n) is 2.01. The van der Waals surface area contributed by atoms with Crippen LogP contribution in [0.3, 0.4) is 0 Å². The van der Waals surface area contributed by atoms with E-state index in [4.69, 9.17) is 9.84 Å². The van der Waals surface area contributed by atoms with Crippen LogP contribution < -0.4 is 0 Å². The van der Waals surface area contributed by atoms with E-state index in [0.29, 0.717) is 5.56 Å². The van der Waals surface area contributed by atoms with Crippen molar-refractivity contribution in [3.05, 3.63) is 29.8 Å². The molecule has 0 bridgehead atoms. The van der Waals surface area contributed by atoms with Crippen molar-refractivity contribution in [2.45, 2.75) is 30.8 Å². The van der Waals surface area contributed by atoms with Gasteiger partial charge >= 0.3 is 0 Å². The van der Waals surface area contributed by atoms with E-state index < -0.39 is 24.4 Å². The zero-order valence-electron chi connectivity index (χ0n) is 9.23. The molecule has 0 saturated carbocycles. The van der Waals surface area contributed by atoms with E-state index in [9.17, 15) is 15.3 Å². The van der Waals surface area contributed by atoms with Gasteiger partial charge in [0.15, 0.2) is 0 Å². The highest BCUT2D eigenvalue weighted by molar-refractivity contribution is 5.28. The average molecular weight is 240 g/mol. The molecule has 4 N–H and O–H groups in total. The van der Waals surface area contributed by atoms with Crippen molar-refractivity contribution in [2.75, 3.05) is 6.61 Å². The molecule has 1 fully saturated rings. The van der Waals surface area contributed by atoms with Crippen molar-refractivity contribution < 1.29 is 25.2 Å². The monoisotopic (exact) mass is 240 g/mol. The Morgan fingerprint density at radius 2 is 1.82 bits per heavy atom. The molecule has 0 aromatic heterocycles. The molecule has 17 heavy (non-hydrogen) atoms. The first kappa shape index (κ1) is 12.3. The highest BCUT2D eigenvalue weighted by Gasteiger charge is 2.37. The lowest BCUT2D eigenvalue weighted by molar-refractivity contribution is -0.179. The van der Waals surface area contributed by atoms with E-state index >= 15 is 0 Å². The summed E-state index contributed by atoms with van der Waals surface area (Å²) in [6.45, 7) is -0.196. The number of ether oxygens (including phenoxy) is 1. The second-order valence-corrected chi connectivity index (χ2v) is 4.25. The van der Waals surface area contributed by atoms with Crippen LogP contribution in [0, 0.1) is 0 Å². The average Bonchev–Trinajstić information content (AvgIpc) is 2.34. The number of aliphatic hydroxyl groups is 3. The summed E-state index contributed by atoms with van der Waals surface area (Å²) < 4.78 is 5.50. The number of phenols is 1. The van der Waals surface area contributed by atoms with E-state index in [0.717, 1.165) is 0 Å². The quantitative estimate of drug-likeness (QED) is 0.581. The van der Waals surface area contributed by atoms with Gasteiger partial charge in [-0.15, -0.1) is 0 Å². The minimum atomic E-state index is -1.03. The molecule has 0 aliphatic carbocycles. The van der Waals surface area contributed by atoms with Gasteiger partial charge in [-0.1, -0.05) is 12.1 Å². The van der Waals surface area contributed by atoms with Crippen LogP contribution in [0.1, 0.15) is 18.1 Å². The van der Waals surface area contributed by atoms with Crippen molar-refractivity contribution in [1.82, 2.24) is 0 Å². The van der Waals surface area contributed by atoms with Crippen molar-refractivity contribution in [3.8, 4) is 5.75 Å². The van der Waals surface area contributed by atoms with Gasteiger partial charge in [-0.05, 0) is 17.7 Å². The Morgan fingerprint density at radius 3 is 2.41 bits per heavy atom. The van der Waals surface area contributed by atoms with Gasteiger partial charge in [0, 0.05) is 6.42 Å². The number of phenolic OH excluding ortho intramolecular Hbond substituents is 1. The lowest BCUT2D eigenvalue weighted by Gasteiger charge is -2.36. The maximum atomic E-state index is 9.85. The van der Waals surface area contributed by atoms with Gasteiger partial charge < -0.3 is 25.2 Å². The highest BCUT2D eigenvalue weighted by atomic mass is 16.5. The van der Waals surface area contributed by atoms with Gasteiger partial charge in [0.1, 0.15) is 18.0 Å². The molecule has 2 rings (SSSR count). The summed E-state index contributed by atoms with van der Waals surface area (Å²) in [5.41, 5.74) is 0.660. The molecule has 94 valence electrons. The molecule has 5 heteroatoms. The second-order valence-electron chi connectivity index (χ2n) is 4.25. The Labute approximate surface area is 98.9 Å². The zero-order chi connectivity index (χ0) is 12.4.